The number of rotatable bonds is 6. The van der Waals surface area contributed by atoms with Gasteiger partial charge < -0.3 is 14.8 Å². The number of hydrogen-bond acceptors (Lipinski definition) is 6. The molecule has 0 unspecified atom stereocenters. The highest BCUT2D eigenvalue weighted by molar-refractivity contribution is 7.17. The van der Waals surface area contributed by atoms with Crippen molar-refractivity contribution >= 4 is 27.5 Å². The number of ether oxygens (including phenoxy) is 2. The molecule has 0 saturated carbocycles. The van der Waals surface area contributed by atoms with Crippen LogP contribution < -0.4 is 20.3 Å². The Morgan fingerprint density at radius 3 is 3.14 bits per heavy atom. The van der Waals surface area contributed by atoms with Crippen molar-refractivity contribution in [2.24, 2.45) is 0 Å². The van der Waals surface area contributed by atoms with Crippen LogP contribution in [-0.4, -0.2) is 28.2 Å². The number of carbonyl (C=O) groups excluding carboxylic acids is 1. The predicted octanol–water partition coefficient (Wildman–Crippen LogP) is 2.50. The molecule has 0 spiro atoms. The Balaban J connectivity index is 1.47. The van der Waals surface area contributed by atoms with Gasteiger partial charge in [-0.2, -0.15) is 0 Å². The maximum atomic E-state index is 12.4. The summed E-state index contributed by atoms with van der Waals surface area (Å²) < 4.78 is 13.4. The van der Waals surface area contributed by atoms with Crippen molar-refractivity contribution in [1.29, 1.82) is 0 Å². The molecule has 0 aliphatic carbocycles. The number of nitrogens with one attached hydrogen (secondary N) is 1. The van der Waals surface area contributed by atoms with Gasteiger partial charge in [0.1, 0.15) is 28.8 Å². The smallest absolute Gasteiger partial charge is 0.271 e. The molecule has 3 heterocycles. The zero-order chi connectivity index (χ0) is 19.7. The first kappa shape index (κ1) is 18.5. The van der Waals surface area contributed by atoms with Crippen molar-refractivity contribution < 1.29 is 14.3 Å². The van der Waals surface area contributed by atoms with Gasteiger partial charge in [0.15, 0.2) is 0 Å². The molecule has 0 saturated heterocycles. The normalized spacial score (nSPS) is 15.3. The molecule has 0 fully saturated rings. The third-order valence-electron chi connectivity index (χ3n) is 4.60. The van der Waals surface area contributed by atoms with Crippen molar-refractivity contribution in [3.63, 3.8) is 0 Å². The molecule has 28 heavy (non-hydrogen) atoms. The van der Waals surface area contributed by atoms with E-state index in [0.29, 0.717) is 23.4 Å². The average Bonchev–Trinajstić information content (AvgIpc) is 3.28. The largest absolute Gasteiger partial charge is 0.494 e. The minimum Gasteiger partial charge on any atom is -0.494 e. The molecular formula is C20H21N3O4S. The van der Waals surface area contributed by atoms with Gasteiger partial charge in [0.2, 0.25) is 5.91 Å². The fourth-order valence-corrected chi connectivity index (χ4v) is 4.10. The van der Waals surface area contributed by atoms with Crippen LogP contribution in [0.4, 0.5) is 0 Å². The van der Waals surface area contributed by atoms with Crippen LogP contribution in [0.2, 0.25) is 0 Å². The van der Waals surface area contributed by atoms with Gasteiger partial charge in [0.05, 0.1) is 18.5 Å². The van der Waals surface area contributed by atoms with E-state index in [1.807, 2.05) is 31.4 Å². The lowest BCUT2D eigenvalue weighted by atomic mass is 10.1. The number of benzene rings is 1. The molecular weight excluding hydrogens is 378 g/mol. The molecule has 7 nitrogen and oxygen atoms in total. The van der Waals surface area contributed by atoms with Crippen molar-refractivity contribution in [3.8, 4) is 11.5 Å². The van der Waals surface area contributed by atoms with Crippen LogP contribution in [0, 0.1) is 0 Å². The molecule has 1 N–H and O–H groups in total. The summed E-state index contributed by atoms with van der Waals surface area (Å²) in [6, 6.07) is 5.70. The van der Waals surface area contributed by atoms with Gasteiger partial charge >= 0.3 is 0 Å². The quantitative estimate of drug-likeness (QED) is 0.689. The molecule has 4 rings (SSSR count). The number of aromatic nitrogens is 2. The average molecular weight is 399 g/mol. The predicted molar refractivity (Wildman–Crippen MR) is 107 cm³/mol. The van der Waals surface area contributed by atoms with Gasteiger partial charge in [0.25, 0.3) is 5.56 Å². The summed E-state index contributed by atoms with van der Waals surface area (Å²) in [5, 5.41) is 4.67. The number of thiophene rings is 1. The molecule has 0 bridgehead atoms. The second-order valence-electron chi connectivity index (χ2n) is 6.72. The molecule has 146 valence electrons. The summed E-state index contributed by atoms with van der Waals surface area (Å²) in [7, 11) is 0. The van der Waals surface area contributed by atoms with E-state index < -0.39 is 0 Å². The standard InChI is InChI=1S/C20H21N3O4S/c1-3-26-16-7-13-6-12(2)27-17(13)8-14(16)9-21-18(24)10-23-11-22-15-4-5-28-19(15)20(23)25/h4-5,7-8,11-12H,3,6,9-10H2,1-2H3,(H,21,24)/t12-/m1/s1. The van der Waals surface area contributed by atoms with Crippen LogP contribution in [0.1, 0.15) is 25.0 Å². The topological polar surface area (TPSA) is 82.5 Å². The monoisotopic (exact) mass is 399 g/mol. The Morgan fingerprint density at radius 1 is 1.46 bits per heavy atom. The first-order chi connectivity index (χ1) is 13.5. The van der Waals surface area contributed by atoms with Crippen LogP contribution >= 0.6 is 11.3 Å². The summed E-state index contributed by atoms with van der Waals surface area (Å²) in [5.41, 5.74) is 2.42. The Bertz CT molecular complexity index is 1090. The number of nitrogens with zero attached hydrogens (tertiary/aromatic N) is 2. The van der Waals surface area contributed by atoms with Gasteiger partial charge in [-0.15, -0.1) is 11.3 Å². The second-order valence-corrected chi connectivity index (χ2v) is 7.64. The summed E-state index contributed by atoms with van der Waals surface area (Å²) in [6.07, 6.45) is 2.40. The number of carbonyl (C=O) groups is 1. The van der Waals surface area contributed by atoms with Gasteiger partial charge in [-0.3, -0.25) is 14.2 Å². The Kier molecular flexibility index (Phi) is 5.04. The van der Waals surface area contributed by atoms with E-state index in [1.54, 1.807) is 6.07 Å². The van der Waals surface area contributed by atoms with Crippen molar-refractivity contribution in [2.75, 3.05) is 6.61 Å². The zero-order valence-electron chi connectivity index (χ0n) is 15.7. The Morgan fingerprint density at radius 2 is 2.32 bits per heavy atom. The number of fused-ring (bicyclic) bond motifs is 2. The van der Waals surface area contributed by atoms with Gasteiger partial charge in [0, 0.05) is 24.1 Å². The highest BCUT2D eigenvalue weighted by Crippen LogP contribution is 2.35. The van der Waals surface area contributed by atoms with E-state index in [1.165, 1.54) is 22.2 Å². The SMILES string of the molecule is CCOc1cc2c(cc1CNC(=O)Cn1cnc3ccsc3c1=O)O[C@H](C)C2. The van der Waals surface area contributed by atoms with Crippen LogP contribution in [-0.2, 0) is 24.3 Å². The maximum Gasteiger partial charge on any atom is 0.271 e. The van der Waals surface area contributed by atoms with Gasteiger partial charge in [-0.1, -0.05) is 0 Å². The lowest BCUT2D eigenvalue weighted by molar-refractivity contribution is -0.121. The molecule has 2 aromatic heterocycles. The summed E-state index contributed by atoms with van der Waals surface area (Å²) in [5.74, 6) is 1.32. The molecule has 0 radical (unpaired) electrons. The van der Waals surface area contributed by atoms with Gasteiger partial charge in [-0.25, -0.2) is 4.98 Å². The Hall–Kier alpha value is -2.87. The van der Waals surface area contributed by atoms with Crippen LogP contribution in [0.3, 0.4) is 0 Å². The third-order valence-corrected chi connectivity index (χ3v) is 5.50. The summed E-state index contributed by atoms with van der Waals surface area (Å²) in [4.78, 5) is 29.0. The van der Waals surface area contributed by atoms with Crippen molar-refractivity contribution in [1.82, 2.24) is 14.9 Å². The first-order valence-electron chi connectivity index (χ1n) is 9.19. The van der Waals surface area contributed by atoms with E-state index in [-0.39, 0.29) is 24.1 Å². The third kappa shape index (κ3) is 3.60. The van der Waals surface area contributed by atoms with E-state index in [4.69, 9.17) is 9.47 Å². The van der Waals surface area contributed by atoms with Crippen molar-refractivity contribution in [3.05, 3.63) is 51.4 Å². The molecule has 1 amide bonds. The minimum atomic E-state index is -0.267. The molecule has 1 aromatic carbocycles. The lowest BCUT2D eigenvalue weighted by Crippen LogP contribution is -2.32. The van der Waals surface area contributed by atoms with E-state index in [0.717, 1.165) is 29.0 Å². The van der Waals surface area contributed by atoms with Crippen molar-refractivity contribution in [2.45, 2.75) is 39.5 Å². The zero-order valence-corrected chi connectivity index (χ0v) is 16.5. The summed E-state index contributed by atoms with van der Waals surface area (Å²) in [6.45, 7) is 4.70. The Labute approximate surface area is 165 Å². The maximum absolute atomic E-state index is 12.4. The summed E-state index contributed by atoms with van der Waals surface area (Å²) >= 11 is 1.33. The van der Waals surface area contributed by atoms with Gasteiger partial charge in [-0.05, 0) is 37.4 Å². The highest BCUT2D eigenvalue weighted by Gasteiger charge is 2.22. The first-order valence-corrected chi connectivity index (χ1v) is 10.1. The van der Waals surface area contributed by atoms with E-state index >= 15 is 0 Å². The van der Waals surface area contributed by atoms with E-state index in [2.05, 4.69) is 10.3 Å². The lowest BCUT2D eigenvalue weighted by Gasteiger charge is -2.13. The fraction of sp³-hybridized carbons (Fsp3) is 0.350. The fourth-order valence-electron chi connectivity index (χ4n) is 3.31. The molecule has 1 aliphatic rings. The van der Waals surface area contributed by atoms with Crippen LogP contribution in [0.15, 0.2) is 34.7 Å². The highest BCUT2D eigenvalue weighted by atomic mass is 32.1. The van der Waals surface area contributed by atoms with Crippen LogP contribution in [0.5, 0.6) is 11.5 Å². The molecule has 8 heteroatoms. The molecule has 1 aliphatic heterocycles. The van der Waals surface area contributed by atoms with Crippen LogP contribution in [0.25, 0.3) is 10.2 Å². The second kappa shape index (κ2) is 7.63. The molecule has 3 aromatic rings. The number of amides is 1. The number of hydrogen-bond donors (Lipinski definition) is 1. The minimum absolute atomic E-state index is 0.0812. The van der Waals surface area contributed by atoms with E-state index in [9.17, 15) is 9.59 Å². The molecule has 1 atom stereocenters.